The van der Waals surface area contributed by atoms with E-state index in [0.717, 1.165) is 34.9 Å². The van der Waals surface area contributed by atoms with E-state index < -0.39 is 0 Å². The van der Waals surface area contributed by atoms with Crippen LogP contribution in [0.3, 0.4) is 0 Å². The molecule has 0 saturated heterocycles. The molecule has 0 radical (unpaired) electrons. The van der Waals surface area contributed by atoms with E-state index in [2.05, 4.69) is 35.0 Å². The first-order valence-corrected chi connectivity index (χ1v) is 7.46. The van der Waals surface area contributed by atoms with Crippen molar-refractivity contribution in [2.75, 3.05) is 0 Å². The molecule has 112 valence electrons. The Morgan fingerprint density at radius 2 is 1.95 bits per heavy atom. The van der Waals surface area contributed by atoms with Crippen molar-refractivity contribution in [3.05, 3.63) is 65.9 Å². The van der Waals surface area contributed by atoms with Crippen LogP contribution < -0.4 is 4.74 Å². The molecular formula is C19H19NO2. The number of carbonyl (C=O) groups is 1. The molecular weight excluding hydrogens is 274 g/mol. The van der Waals surface area contributed by atoms with Gasteiger partial charge in [-0.05, 0) is 35.7 Å². The summed E-state index contributed by atoms with van der Waals surface area (Å²) in [6.07, 6.45) is 4.38. The first kappa shape index (κ1) is 14.4. The van der Waals surface area contributed by atoms with Crippen LogP contribution in [0.2, 0.25) is 0 Å². The van der Waals surface area contributed by atoms with Gasteiger partial charge in [-0.25, -0.2) is 0 Å². The number of hydrogen-bond acceptors (Lipinski definition) is 2. The minimum atomic E-state index is 0.550. The van der Waals surface area contributed by atoms with Crippen LogP contribution in [-0.4, -0.2) is 10.9 Å². The van der Waals surface area contributed by atoms with Gasteiger partial charge >= 0.3 is 0 Å². The third-order valence-corrected chi connectivity index (χ3v) is 3.82. The number of hydrogen-bond donors (Lipinski definition) is 0. The Morgan fingerprint density at radius 1 is 1.14 bits per heavy atom. The highest BCUT2D eigenvalue weighted by Crippen LogP contribution is 2.26. The van der Waals surface area contributed by atoms with Crippen molar-refractivity contribution >= 4 is 17.2 Å². The lowest BCUT2D eigenvalue weighted by molar-refractivity contribution is -0.107. The van der Waals surface area contributed by atoms with Gasteiger partial charge in [-0.3, -0.25) is 0 Å². The van der Waals surface area contributed by atoms with Crippen LogP contribution in [0.25, 0.3) is 10.9 Å². The standard InChI is InChI=1S/C19H19NO2/c1-20-13-16(8-5-11-21)18-12-17(9-10-19(18)20)22-14-15-6-3-2-4-7-15/h2-4,6-7,9-13H,5,8,14H2,1H3. The van der Waals surface area contributed by atoms with Gasteiger partial charge in [-0.1, -0.05) is 30.3 Å². The topological polar surface area (TPSA) is 31.2 Å². The molecule has 0 spiro atoms. The molecule has 0 amide bonds. The number of fused-ring (bicyclic) bond motifs is 1. The Labute approximate surface area is 130 Å². The van der Waals surface area contributed by atoms with E-state index in [0.29, 0.717) is 13.0 Å². The lowest BCUT2D eigenvalue weighted by Crippen LogP contribution is -1.95. The van der Waals surface area contributed by atoms with Crippen LogP contribution in [0, 0.1) is 0 Å². The summed E-state index contributed by atoms with van der Waals surface area (Å²) in [5.41, 5.74) is 3.50. The molecule has 3 rings (SSSR count). The molecule has 0 fully saturated rings. The minimum absolute atomic E-state index is 0.550. The molecule has 0 aliphatic carbocycles. The van der Waals surface area contributed by atoms with Gasteiger partial charge in [0.05, 0.1) is 0 Å². The lowest BCUT2D eigenvalue weighted by atomic mass is 10.1. The lowest BCUT2D eigenvalue weighted by Gasteiger charge is -2.07. The first-order chi connectivity index (χ1) is 10.8. The van der Waals surface area contributed by atoms with E-state index in [-0.39, 0.29) is 0 Å². The molecule has 2 aromatic carbocycles. The molecule has 0 aliphatic heterocycles. The summed E-state index contributed by atoms with van der Waals surface area (Å²) < 4.78 is 7.98. The van der Waals surface area contributed by atoms with Crippen molar-refractivity contribution in [3.63, 3.8) is 0 Å². The molecule has 0 atom stereocenters. The molecule has 0 aliphatic rings. The monoisotopic (exact) mass is 293 g/mol. The summed E-state index contributed by atoms with van der Waals surface area (Å²) in [4.78, 5) is 10.6. The van der Waals surface area contributed by atoms with Gasteiger partial charge in [0.2, 0.25) is 0 Å². The van der Waals surface area contributed by atoms with E-state index in [9.17, 15) is 4.79 Å². The average molecular weight is 293 g/mol. The summed E-state index contributed by atoms with van der Waals surface area (Å²) in [5.74, 6) is 0.856. The quantitative estimate of drug-likeness (QED) is 0.646. The highest BCUT2D eigenvalue weighted by molar-refractivity contribution is 5.85. The van der Waals surface area contributed by atoms with Crippen molar-refractivity contribution < 1.29 is 9.53 Å². The number of aldehydes is 1. The number of rotatable bonds is 6. The van der Waals surface area contributed by atoms with Gasteiger partial charge in [-0.2, -0.15) is 0 Å². The summed E-state index contributed by atoms with van der Waals surface area (Å²) in [6, 6.07) is 16.3. The summed E-state index contributed by atoms with van der Waals surface area (Å²) in [7, 11) is 2.03. The fraction of sp³-hybridized carbons (Fsp3) is 0.211. The van der Waals surface area contributed by atoms with Crippen molar-refractivity contribution in [2.45, 2.75) is 19.4 Å². The third kappa shape index (κ3) is 3.03. The zero-order chi connectivity index (χ0) is 15.4. The Hall–Kier alpha value is -2.55. The van der Waals surface area contributed by atoms with Crippen LogP contribution >= 0.6 is 0 Å². The zero-order valence-corrected chi connectivity index (χ0v) is 12.7. The van der Waals surface area contributed by atoms with Crippen LogP contribution in [0.4, 0.5) is 0 Å². The average Bonchev–Trinajstić information content (AvgIpc) is 2.88. The molecule has 1 heterocycles. The molecule has 3 nitrogen and oxygen atoms in total. The summed E-state index contributed by atoms with van der Waals surface area (Å²) in [6.45, 7) is 0.558. The Bertz CT molecular complexity index is 775. The Morgan fingerprint density at radius 3 is 2.73 bits per heavy atom. The maximum Gasteiger partial charge on any atom is 0.120 e. The minimum Gasteiger partial charge on any atom is -0.489 e. The zero-order valence-electron chi connectivity index (χ0n) is 12.7. The second-order valence-corrected chi connectivity index (χ2v) is 5.42. The normalized spacial score (nSPS) is 10.8. The van der Waals surface area contributed by atoms with E-state index in [1.807, 2.05) is 31.3 Å². The van der Waals surface area contributed by atoms with Crippen LogP contribution in [0.15, 0.2) is 54.7 Å². The van der Waals surface area contributed by atoms with E-state index in [1.54, 1.807) is 0 Å². The third-order valence-electron chi connectivity index (χ3n) is 3.82. The number of carbonyl (C=O) groups excluding carboxylic acids is 1. The van der Waals surface area contributed by atoms with Gasteiger partial charge in [0.1, 0.15) is 18.6 Å². The smallest absolute Gasteiger partial charge is 0.120 e. The van der Waals surface area contributed by atoms with Gasteiger partial charge in [0.25, 0.3) is 0 Å². The van der Waals surface area contributed by atoms with Crippen molar-refractivity contribution in [1.82, 2.24) is 4.57 Å². The predicted molar refractivity (Wildman–Crippen MR) is 88.1 cm³/mol. The fourth-order valence-corrected chi connectivity index (χ4v) is 2.70. The Balaban J connectivity index is 1.83. The number of aryl methyl sites for hydroxylation is 2. The predicted octanol–water partition coefficient (Wildman–Crippen LogP) is 3.89. The van der Waals surface area contributed by atoms with Crippen molar-refractivity contribution in [3.8, 4) is 5.75 Å². The van der Waals surface area contributed by atoms with E-state index >= 15 is 0 Å². The van der Waals surface area contributed by atoms with Gasteiger partial charge in [0.15, 0.2) is 0 Å². The molecule has 22 heavy (non-hydrogen) atoms. The molecule has 0 bridgehead atoms. The summed E-state index contributed by atoms with van der Waals surface area (Å²) in [5, 5.41) is 1.16. The van der Waals surface area contributed by atoms with Crippen LogP contribution in [-0.2, 0) is 24.9 Å². The number of aromatic nitrogens is 1. The number of benzene rings is 2. The molecule has 3 heteroatoms. The van der Waals surface area contributed by atoms with Crippen molar-refractivity contribution in [1.29, 1.82) is 0 Å². The van der Waals surface area contributed by atoms with E-state index in [4.69, 9.17) is 4.74 Å². The van der Waals surface area contributed by atoms with Gasteiger partial charge in [-0.15, -0.1) is 0 Å². The van der Waals surface area contributed by atoms with Crippen LogP contribution in [0.1, 0.15) is 17.5 Å². The maximum atomic E-state index is 10.6. The highest BCUT2D eigenvalue weighted by Gasteiger charge is 2.08. The summed E-state index contributed by atoms with van der Waals surface area (Å²) >= 11 is 0. The molecule has 1 aromatic heterocycles. The SMILES string of the molecule is Cn1cc(CCC=O)c2cc(OCc3ccccc3)ccc21. The fourth-order valence-electron chi connectivity index (χ4n) is 2.70. The van der Waals surface area contributed by atoms with Crippen molar-refractivity contribution in [2.24, 2.45) is 7.05 Å². The maximum absolute atomic E-state index is 10.6. The van der Waals surface area contributed by atoms with E-state index in [1.165, 1.54) is 5.56 Å². The molecule has 3 aromatic rings. The second kappa shape index (κ2) is 6.48. The first-order valence-electron chi connectivity index (χ1n) is 7.46. The number of ether oxygens (including phenoxy) is 1. The Kier molecular flexibility index (Phi) is 4.24. The second-order valence-electron chi connectivity index (χ2n) is 5.42. The molecule has 0 unspecified atom stereocenters. The largest absolute Gasteiger partial charge is 0.489 e. The van der Waals surface area contributed by atoms with Gasteiger partial charge in [0, 0.05) is 30.6 Å². The molecule has 0 saturated carbocycles. The molecule has 0 N–H and O–H groups in total. The van der Waals surface area contributed by atoms with Crippen LogP contribution in [0.5, 0.6) is 5.75 Å². The highest BCUT2D eigenvalue weighted by atomic mass is 16.5. The number of nitrogens with zero attached hydrogens (tertiary/aromatic N) is 1. The van der Waals surface area contributed by atoms with Gasteiger partial charge < -0.3 is 14.1 Å².